The van der Waals surface area contributed by atoms with Crippen molar-refractivity contribution < 1.29 is 19.7 Å². The van der Waals surface area contributed by atoms with Gasteiger partial charge in [-0.05, 0) is 63.1 Å². The quantitative estimate of drug-likeness (QED) is 0.602. The number of aliphatic hydroxyl groups is 1. The Morgan fingerprint density at radius 3 is 2.63 bits per heavy atom. The number of hydrogen-bond donors (Lipinski definition) is 3. The molecule has 0 fully saturated rings. The second kappa shape index (κ2) is 7.38. The number of ether oxygens (including phenoxy) is 1. The van der Waals surface area contributed by atoms with Crippen molar-refractivity contribution in [3.63, 3.8) is 0 Å². The van der Waals surface area contributed by atoms with Gasteiger partial charge in [0, 0.05) is 17.1 Å². The van der Waals surface area contributed by atoms with Crippen molar-refractivity contribution in [2.24, 2.45) is 0 Å². The average molecular weight is 406 g/mol. The van der Waals surface area contributed by atoms with Crippen molar-refractivity contribution in [1.82, 2.24) is 10.3 Å². The number of hydrogen-bond acceptors (Lipinski definition) is 5. The second-order valence-electron chi connectivity index (χ2n) is 8.34. The summed E-state index contributed by atoms with van der Waals surface area (Å²) >= 11 is 0. The van der Waals surface area contributed by atoms with Crippen LogP contribution in [0.3, 0.4) is 0 Å². The predicted molar refractivity (Wildman–Crippen MR) is 115 cm³/mol. The van der Waals surface area contributed by atoms with Crippen LogP contribution in [0.2, 0.25) is 0 Å². The van der Waals surface area contributed by atoms with Crippen LogP contribution in [0, 0.1) is 6.92 Å². The number of fused-ring (bicyclic) bond motifs is 2. The molecule has 6 heteroatoms. The highest BCUT2D eigenvalue weighted by atomic mass is 16.5. The molecule has 4 rings (SSSR count). The van der Waals surface area contributed by atoms with Crippen LogP contribution in [-0.4, -0.2) is 38.9 Å². The lowest BCUT2D eigenvalue weighted by Gasteiger charge is -2.48. The van der Waals surface area contributed by atoms with Crippen molar-refractivity contribution in [1.29, 1.82) is 0 Å². The first-order valence-corrected chi connectivity index (χ1v) is 10.1. The summed E-state index contributed by atoms with van der Waals surface area (Å²) in [5, 5.41) is 25.7. The van der Waals surface area contributed by atoms with Crippen molar-refractivity contribution in [2.75, 3.05) is 6.54 Å². The molecule has 3 N–H and O–H groups in total. The van der Waals surface area contributed by atoms with Gasteiger partial charge in [0.05, 0.1) is 11.6 Å². The van der Waals surface area contributed by atoms with Gasteiger partial charge < -0.3 is 20.3 Å². The molecule has 2 aromatic carbocycles. The number of benzene rings is 2. The Morgan fingerprint density at radius 2 is 1.93 bits per heavy atom. The minimum atomic E-state index is -2.16. The number of pyridine rings is 1. The lowest BCUT2D eigenvalue weighted by atomic mass is 9.73. The molecule has 0 radical (unpaired) electrons. The first-order valence-electron chi connectivity index (χ1n) is 10.1. The molecule has 1 aromatic heterocycles. The summed E-state index contributed by atoms with van der Waals surface area (Å²) in [6, 6.07) is 14.7. The van der Waals surface area contributed by atoms with Crippen LogP contribution in [0.15, 0.2) is 54.7 Å². The number of nitrogens with zero attached hydrogens (tertiary/aromatic N) is 1. The first-order chi connectivity index (χ1) is 14.2. The molecular formula is C24H26N2O4. The topological polar surface area (TPSA) is 91.7 Å². The van der Waals surface area contributed by atoms with E-state index in [9.17, 15) is 15.0 Å². The van der Waals surface area contributed by atoms with E-state index < -0.39 is 23.2 Å². The zero-order valence-electron chi connectivity index (χ0n) is 17.3. The fourth-order valence-electron chi connectivity index (χ4n) is 4.21. The average Bonchev–Trinajstić information content (AvgIpc) is 2.71. The van der Waals surface area contributed by atoms with Crippen molar-refractivity contribution in [3.8, 4) is 5.75 Å². The number of carboxylic acids is 1. The van der Waals surface area contributed by atoms with Gasteiger partial charge in [0.1, 0.15) is 11.4 Å². The Balaban J connectivity index is 1.78. The van der Waals surface area contributed by atoms with Crippen LogP contribution in [0.4, 0.5) is 0 Å². The molecule has 0 bridgehead atoms. The van der Waals surface area contributed by atoms with Gasteiger partial charge in [0.15, 0.2) is 0 Å². The number of aryl methyl sites for hydroxylation is 1. The van der Waals surface area contributed by atoms with Gasteiger partial charge in [-0.15, -0.1) is 0 Å². The van der Waals surface area contributed by atoms with Gasteiger partial charge >= 0.3 is 5.97 Å². The highest BCUT2D eigenvalue weighted by molar-refractivity contribution is 5.87. The third-order valence-corrected chi connectivity index (χ3v) is 6.03. The normalized spacial score (nSPS) is 22.3. The molecule has 156 valence electrons. The molecule has 3 aromatic rings. The van der Waals surface area contributed by atoms with Crippen LogP contribution in [0.25, 0.3) is 10.9 Å². The summed E-state index contributed by atoms with van der Waals surface area (Å²) in [6.45, 7) is 5.71. The van der Waals surface area contributed by atoms with E-state index in [-0.39, 0.29) is 0 Å². The fourth-order valence-corrected chi connectivity index (χ4v) is 4.21. The Bertz CT molecular complexity index is 1100. The molecule has 0 aliphatic carbocycles. The van der Waals surface area contributed by atoms with E-state index in [4.69, 9.17) is 4.74 Å². The molecule has 1 aliphatic rings. The smallest absolute Gasteiger partial charge is 0.342 e. The number of carboxylic acid groups (broad SMARTS) is 1. The summed E-state index contributed by atoms with van der Waals surface area (Å²) in [5.74, 6) is -0.764. The molecule has 1 aliphatic heterocycles. The maximum Gasteiger partial charge on any atom is 0.342 e. The van der Waals surface area contributed by atoms with E-state index in [2.05, 4.69) is 10.3 Å². The molecule has 0 saturated carbocycles. The summed E-state index contributed by atoms with van der Waals surface area (Å²) < 4.78 is 6.06. The van der Waals surface area contributed by atoms with Crippen molar-refractivity contribution in [3.05, 3.63) is 71.4 Å². The van der Waals surface area contributed by atoms with Gasteiger partial charge in [0.2, 0.25) is 5.60 Å². The van der Waals surface area contributed by atoms with Crippen molar-refractivity contribution >= 4 is 16.9 Å². The van der Waals surface area contributed by atoms with Gasteiger partial charge in [-0.1, -0.05) is 30.3 Å². The standard InChI is InChI=1S/C24H26N2O4/c1-15-9-11-25-19-13-18-20(14-17(15)19)30-23(2,3)24(29,22(27)28)21(18)26-12-10-16-7-5-4-6-8-16/h4-9,11,13-14,21,26,29H,10,12H2,1-3H3,(H,27,28). The molecule has 2 heterocycles. The highest BCUT2D eigenvalue weighted by Crippen LogP contribution is 2.47. The molecule has 2 unspecified atom stereocenters. The van der Waals surface area contributed by atoms with Crippen LogP contribution in [-0.2, 0) is 11.2 Å². The van der Waals surface area contributed by atoms with Crippen LogP contribution < -0.4 is 10.1 Å². The highest BCUT2D eigenvalue weighted by Gasteiger charge is 2.61. The van der Waals surface area contributed by atoms with E-state index in [0.717, 1.165) is 22.0 Å². The maximum absolute atomic E-state index is 12.3. The minimum Gasteiger partial charge on any atom is -0.484 e. The number of nitrogens with one attached hydrogen (secondary N) is 1. The van der Waals surface area contributed by atoms with Crippen LogP contribution >= 0.6 is 0 Å². The van der Waals surface area contributed by atoms with E-state index in [1.807, 2.05) is 55.5 Å². The Hall–Kier alpha value is -2.96. The van der Waals surface area contributed by atoms with E-state index in [1.165, 1.54) is 0 Å². The Kier molecular flexibility index (Phi) is 5.00. The van der Waals surface area contributed by atoms with E-state index in [1.54, 1.807) is 20.0 Å². The summed E-state index contributed by atoms with van der Waals surface area (Å²) in [6.07, 6.45) is 2.42. The summed E-state index contributed by atoms with van der Waals surface area (Å²) in [7, 11) is 0. The van der Waals surface area contributed by atoms with Crippen LogP contribution in [0.5, 0.6) is 5.75 Å². The summed E-state index contributed by atoms with van der Waals surface area (Å²) in [4.78, 5) is 16.7. The lowest BCUT2D eigenvalue weighted by Crippen LogP contribution is -2.67. The third-order valence-electron chi connectivity index (χ3n) is 6.03. The Morgan fingerprint density at radius 1 is 1.20 bits per heavy atom. The SMILES string of the molecule is Cc1ccnc2cc3c(cc12)OC(C)(C)C(O)(C(=O)O)C3NCCc1ccccc1. The molecule has 0 saturated heterocycles. The summed E-state index contributed by atoms with van der Waals surface area (Å²) in [5.41, 5.74) is 0.00873. The maximum atomic E-state index is 12.3. The van der Waals surface area contributed by atoms with Gasteiger partial charge in [-0.2, -0.15) is 0 Å². The van der Waals surface area contributed by atoms with Crippen LogP contribution in [0.1, 0.15) is 36.6 Å². The molecule has 0 amide bonds. The monoisotopic (exact) mass is 406 g/mol. The number of carbonyl (C=O) groups is 1. The second-order valence-corrected chi connectivity index (χ2v) is 8.34. The minimum absolute atomic E-state index is 0.499. The zero-order chi connectivity index (χ0) is 21.5. The van der Waals surface area contributed by atoms with Gasteiger partial charge in [-0.3, -0.25) is 4.98 Å². The molecule has 6 nitrogen and oxygen atoms in total. The first kappa shape index (κ1) is 20.3. The van der Waals surface area contributed by atoms with E-state index in [0.29, 0.717) is 24.3 Å². The largest absolute Gasteiger partial charge is 0.484 e. The number of aromatic nitrogens is 1. The third kappa shape index (κ3) is 3.22. The fraction of sp³-hybridized carbons (Fsp3) is 0.333. The zero-order valence-corrected chi connectivity index (χ0v) is 17.3. The molecule has 0 spiro atoms. The van der Waals surface area contributed by atoms with Gasteiger partial charge in [0.25, 0.3) is 0 Å². The number of rotatable bonds is 5. The number of aliphatic carboxylic acids is 1. The van der Waals surface area contributed by atoms with E-state index >= 15 is 0 Å². The molecule has 30 heavy (non-hydrogen) atoms. The molecule has 2 atom stereocenters. The lowest BCUT2D eigenvalue weighted by molar-refractivity contribution is -0.194. The molecular weight excluding hydrogens is 380 g/mol. The Labute approximate surface area is 175 Å². The predicted octanol–water partition coefficient (Wildman–Crippen LogP) is 3.40. The van der Waals surface area contributed by atoms with Gasteiger partial charge in [-0.25, -0.2) is 4.79 Å². The van der Waals surface area contributed by atoms with Crippen molar-refractivity contribution in [2.45, 2.75) is 44.4 Å².